The minimum absolute atomic E-state index is 0.146. The number of alkyl halides is 2. The van der Waals surface area contributed by atoms with Crippen LogP contribution in [-0.2, 0) is 0 Å². The van der Waals surface area contributed by atoms with Crippen LogP contribution in [0.15, 0.2) is 29.2 Å². The van der Waals surface area contributed by atoms with E-state index < -0.39 is 5.92 Å². The average molecular weight is 218 g/mol. The molecule has 0 bridgehead atoms. The molecule has 0 aliphatic rings. The molecule has 0 saturated heterocycles. The van der Waals surface area contributed by atoms with E-state index in [4.69, 9.17) is 5.11 Å². The van der Waals surface area contributed by atoms with Gasteiger partial charge in [-0.1, -0.05) is 6.07 Å². The van der Waals surface area contributed by atoms with Gasteiger partial charge in [0.2, 0.25) is 5.92 Å². The Labute approximate surface area is 86.1 Å². The highest BCUT2D eigenvalue weighted by Gasteiger charge is 2.19. The molecule has 0 fully saturated rings. The molecule has 14 heavy (non-hydrogen) atoms. The van der Waals surface area contributed by atoms with Gasteiger partial charge in [-0.2, -0.15) is 0 Å². The highest BCUT2D eigenvalue weighted by atomic mass is 32.2. The molecule has 0 heterocycles. The predicted molar refractivity (Wildman–Crippen MR) is 54.1 cm³/mol. The van der Waals surface area contributed by atoms with E-state index in [1.807, 2.05) is 0 Å². The van der Waals surface area contributed by atoms with Crippen molar-refractivity contribution in [3.05, 3.63) is 24.3 Å². The molecule has 1 aromatic rings. The van der Waals surface area contributed by atoms with E-state index in [0.717, 1.165) is 11.8 Å². The Kier molecular flexibility index (Phi) is 3.75. The number of hydrogen-bond donors (Lipinski definition) is 1. The highest BCUT2D eigenvalue weighted by Crippen LogP contribution is 2.26. The first-order valence-electron chi connectivity index (χ1n) is 4.27. The topological polar surface area (TPSA) is 20.2 Å². The minimum Gasteiger partial charge on any atom is -0.508 e. The van der Waals surface area contributed by atoms with Crippen LogP contribution in [0.4, 0.5) is 8.78 Å². The lowest BCUT2D eigenvalue weighted by molar-refractivity contribution is 0.0194. The van der Waals surface area contributed by atoms with Gasteiger partial charge in [0.25, 0.3) is 0 Å². The van der Waals surface area contributed by atoms with E-state index in [9.17, 15) is 8.78 Å². The maximum Gasteiger partial charge on any atom is 0.246 e. The van der Waals surface area contributed by atoms with Crippen LogP contribution < -0.4 is 0 Å². The molecule has 0 aliphatic heterocycles. The van der Waals surface area contributed by atoms with Crippen molar-refractivity contribution < 1.29 is 13.9 Å². The van der Waals surface area contributed by atoms with Crippen molar-refractivity contribution in [1.29, 1.82) is 0 Å². The largest absolute Gasteiger partial charge is 0.508 e. The summed E-state index contributed by atoms with van der Waals surface area (Å²) in [6.45, 7) is 0.913. The van der Waals surface area contributed by atoms with E-state index in [0.29, 0.717) is 5.75 Å². The number of benzene rings is 1. The van der Waals surface area contributed by atoms with Crippen LogP contribution in [0.1, 0.15) is 13.3 Å². The molecule has 0 amide bonds. The molecule has 4 heteroatoms. The number of phenols is 1. The lowest BCUT2D eigenvalue weighted by Gasteiger charge is -2.08. The van der Waals surface area contributed by atoms with Gasteiger partial charge in [0, 0.05) is 17.1 Å². The van der Waals surface area contributed by atoms with E-state index in [1.54, 1.807) is 24.3 Å². The number of rotatable bonds is 4. The van der Waals surface area contributed by atoms with E-state index in [1.165, 1.54) is 11.8 Å². The first-order chi connectivity index (χ1) is 6.47. The summed E-state index contributed by atoms with van der Waals surface area (Å²) in [5.41, 5.74) is 0. The summed E-state index contributed by atoms with van der Waals surface area (Å²) in [7, 11) is 0. The van der Waals surface area contributed by atoms with Gasteiger partial charge in [-0.05, 0) is 25.1 Å². The van der Waals surface area contributed by atoms with Crippen molar-refractivity contribution in [2.75, 3.05) is 5.75 Å². The first-order valence-corrected chi connectivity index (χ1v) is 5.25. The zero-order chi connectivity index (χ0) is 10.6. The standard InChI is InChI=1S/C10H12F2OS/c1-10(11,12)5-6-14-9-4-2-3-8(13)7-9/h2-4,7,13H,5-6H2,1H3. The Bertz CT molecular complexity index is 296. The van der Waals surface area contributed by atoms with E-state index in [2.05, 4.69) is 0 Å². The van der Waals surface area contributed by atoms with Gasteiger partial charge in [0.15, 0.2) is 0 Å². The second kappa shape index (κ2) is 4.64. The smallest absolute Gasteiger partial charge is 0.246 e. The Hall–Kier alpha value is -0.770. The van der Waals surface area contributed by atoms with Crippen LogP contribution >= 0.6 is 11.8 Å². The van der Waals surface area contributed by atoms with E-state index in [-0.39, 0.29) is 12.2 Å². The third kappa shape index (κ3) is 4.46. The fraction of sp³-hybridized carbons (Fsp3) is 0.400. The van der Waals surface area contributed by atoms with Gasteiger partial charge in [-0.25, -0.2) is 8.78 Å². The lowest BCUT2D eigenvalue weighted by Crippen LogP contribution is -2.10. The first kappa shape index (κ1) is 11.3. The summed E-state index contributed by atoms with van der Waals surface area (Å²) in [4.78, 5) is 0.814. The monoisotopic (exact) mass is 218 g/mol. The molecule has 1 aromatic carbocycles. The summed E-state index contributed by atoms with van der Waals surface area (Å²) in [6.07, 6.45) is -0.146. The van der Waals surface area contributed by atoms with E-state index >= 15 is 0 Å². The molecular weight excluding hydrogens is 206 g/mol. The SMILES string of the molecule is CC(F)(F)CCSc1cccc(O)c1. The number of hydrogen-bond acceptors (Lipinski definition) is 2. The number of phenolic OH excluding ortho intramolecular Hbond substituents is 1. The van der Waals surface area contributed by atoms with Gasteiger partial charge in [0.05, 0.1) is 0 Å². The molecule has 1 N–H and O–H groups in total. The molecule has 1 rings (SSSR count). The lowest BCUT2D eigenvalue weighted by atomic mass is 10.3. The molecule has 0 aliphatic carbocycles. The van der Waals surface area contributed by atoms with Crippen molar-refractivity contribution in [3.63, 3.8) is 0 Å². The Balaban J connectivity index is 2.39. The van der Waals surface area contributed by atoms with Crippen molar-refractivity contribution in [2.45, 2.75) is 24.2 Å². The molecule has 0 atom stereocenters. The summed E-state index contributed by atoms with van der Waals surface area (Å²) >= 11 is 1.32. The third-order valence-electron chi connectivity index (χ3n) is 1.63. The highest BCUT2D eigenvalue weighted by molar-refractivity contribution is 7.99. The second-order valence-corrected chi connectivity index (χ2v) is 4.33. The number of halogens is 2. The molecule has 0 unspecified atom stereocenters. The molecule has 1 nitrogen and oxygen atoms in total. The second-order valence-electron chi connectivity index (χ2n) is 3.17. The maximum absolute atomic E-state index is 12.4. The summed E-state index contributed by atoms with van der Waals surface area (Å²) in [6, 6.07) is 6.61. The summed E-state index contributed by atoms with van der Waals surface area (Å²) < 4.78 is 24.9. The molecule has 0 radical (unpaired) electrons. The van der Waals surface area contributed by atoms with Crippen LogP contribution in [0.5, 0.6) is 5.75 Å². The molecule has 0 aromatic heterocycles. The number of thioether (sulfide) groups is 1. The Morgan fingerprint density at radius 1 is 1.43 bits per heavy atom. The predicted octanol–water partition coefficient (Wildman–Crippen LogP) is 3.53. The third-order valence-corrected chi connectivity index (χ3v) is 2.62. The fourth-order valence-electron chi connectivity index (χ4n) is 0.921. The normalized spacial score (nSPS) is 11.6. The van der Waals surface area contributed by atoms with Crippen molar-refractivity contribution in [3.8, 4) is 5.75 Å². The molecule has 0 saturated carbocycles. The van der Waals surface area contributed by atoms with Crippen LogP contribution in [0.3, 0.4) is 0 Å². The zero-order valence-electron chi connectivity index (χ0n) is 7.84. The van der Waals surface area contributed by atoms with Gasteiger partial charge in [-0.3, -0.25) is 0 Å². The van der Waals surface area contributed by atoms with Gasteiger partial charge in [-0.15, -0.1) is 11.8 Å². The van der Waals surface area contributed by atoms with Gasteiger partial charge in [0.1, 0.15) is 5.75 Å². The molecule has 78 valence electrons. The minimum atomic E-state index is -2.61. The van der Waals surface area contributed by atoms with Crippen molar-refractivity contribution in [1.82, 2.24) is 0 Å². The Morgan fingerprint density at radius 2 is 2.14 bits per heavy atom. The van der Waals surface area contributed by atoms with Gasteiger partial charge < -0.3 is 5.11 Å². The fourth-order valence-corrected chi connectivity index (χ4v) is 2.00. The van der Waals surface area contributed by atoms with Crippen LogP contribution in [-0.4, -0.2) is 16.8 Å². The van der Waals surface area contributed by atoms with Gasteiger partial charge >= 0.3 is 0 Å². The maximum atomic E-state index is 12.4. The Morgan fingerprint density at radius 3 is 2.71 bits per heavy atom. The van der Waals surface area contributed by atoms with Crippen LogP contribution in [0.25, 0.3) is 0 Å². The van der Waals surface area contributed by atoms with Crippen LogP contribution in [0, 0.1) is 0 Å². The van der Waals surface area contributed by atoms with Crippen LogP contribution in [0.2, 0.25) is 0 Å². The molecule has 0 spiro atoms. The average Bonchev–Trinajstić information content (AvgIpc) is 2.01. The van der Waals surface area contributed by atoms with Crippen molar-refractivity contribution in [2.24, 2.45) is 0 Å². The quantitative estimate of drug-likeness (QED) is 0.780. The van der Waals surface area contributed by atoms with Crippen molar-refractivity contribution >= 4 is 11.8 Å². The zero-order valence-corrected chi connectivity index (χ0v) is 8.65. The summed E-state index contributed by atoms with van der Waals surface area (Å²) in [5, 5.41) is 9.11. The summed E-state index contributed by atoms with van der Waals surface area (Å²) in [5.74, 6) is -2.09. The number of aromatic hydroxyl groups is 1. The molecular formula is C10H12F2OS.